The summed E-state index contributed by atoms with van der Waals surface area (Å²) in [5.74, 6) is 0.303. The molecule has 2 N–H and O–H groups in total. The molecule has 0 aliphatic heterocycles. The summed E-state index contributed by atoms with van der Waals surface area (Å²) >= 11 is 5.80. The molecular weight excluding hydrogens is 214 g/mol. The zero-order chi connectivity index (χ0) is 10.8. The monoisotopic (exact) mass is 223 g/mol. The van der Waals surface area contributed by atoms with Gasteiger partial charge in [-0.15, -0.1) is 0 Å². The summed E-state index contributed by atoms with van der Waals surface area (Å²) in [5, 5.41) is 11.6. The third-order valence-corrected chi connectivity index (χ3v) is 2.49. The topological polar surface area (TPSA) is 69.6 Å². The molecule has 6 heteroatoms. The lowest BCUT2D eigenvalue weighted by atomic mass is 10.1. The number of nitrogens with zero attached hydrogens (tertiary/aromatic N) is 4. The number of aromatic nitrogens is 4. The lowest BCUT2D eigenvalue weighted by Gasteiger charge is -2.11. The molecule has 0 spiro atoms. The van der Waals surface area contributed by atoms with Crippen LogP contribution in [0.3, 0.4) is 0 Å². The van der Waals surface area contributed by atoms with E-state index in [1.165, 1.54) is 0 Å². The second kappa shape index (κ2) is 3.86. The molecule has 0 bridgehead atoms. The van der Waals surface area contributed by atoms with Gasteiger partial charge in [-0.3, -0.25) is 0 Å². The first-order valence-electron chi connectivity index (χ1n) is 4.47. The maximum atomic E-state index is 5.80. The Balaban J connectivity index is 2.32. The third-order valence-electron chi connectivity index (χ3n) is 2.24. The molecule has 0 saturated carbocycles. The van der Waals surface area contributed by atoms with Crippen molar-refractivity contribution in [2.75, 3.05) is 5.73 Å². The van der Waals surface area contributed by atoms with Gasteiger partial charge in [0.25, 0.3) is 0 Å². The normalized spacial score (nSPS) is 12.7. The van der Waals surface area contributed by atoms with Crippen molar-refractivity contribution in [2.24, 2.45) is 0 Å². The predicted molar refractivity (Wildman–Crippen MR) is 57.5 cm³/mol. The Labute approximate surface area is 91.8 Å². The van der Waals surface area contributed by atoms with Crippen molar-refractivity contribution in [1.82, 2.24) is 20.2 Å². The summed E-state index contributed by atoms with van der Waals surface area (Å²) in [6.45, 7) is 1.97. The van der Waals surface area contributed by atoms with Crippen LogP contribution in [0.25, 0.3) is 0 Å². The van der Waals surface area contributed by atoms with Crippen LogP contribution in [0.1, 0.15) is 18.5 Å². The van der Waals surface area contributed by atoms with E-state index in [1.807, 2.05) is 31.2 Å². The lowest BCUT2D eigenvalue weighted by molar-refractivity contribution is 0.550. The largest absolute Gasteiger partial charge is 0.367 e. The Bertz CT molecular complexity index is 450. The van der Waals surface area contributed by atoms with E-state index in [-0.39, 0.29) is 6.04 Å². The Morgan fingerprint density at radius 2 is 2.00 bits per heavy atom. The molecule has 0 aliphatic rings. The molecule has 0 fully saturated rings. The highest BCUT2D eigenvalue weighted by atomic mass is 35.5. The molecule has 2 rings (SSSR count). The molecule has 78 valence electrons. The van der Waals surface area contributed by atoms with Crippen LogP contribution in [0.2, 0.25) is 5.02 Å². The molecular formula is C9H10ClN5. The molecule has 15 heavy (non-hydrogen) atoms. The standard InChI is InChI=1S/C9H10ClN5/c1-6(15-9(11)12-13-14-15)7-2-4-8(10)5-3-7/h2-6H,1H3,(H2,11,12,14). The van der Waals surface area contributed by atoms with E-state index in [0.29, 0.717) is 11.0 Å². The van der Waals surface area contributed by atoms with Crippen LogP contribution in [-0.2, 0) is 0 Å². The highest BCUT2D eigenvalue weighted by molar-refractivity contribution is 6.30. The highest BCUT2D eigenvalue weighted by Crippen LogP contribution is 2.20. The van der Waals surface area contributed by atoms with E-state index in [0.717, 1.165) is 5.56 Å². The molecule has 1 heterocycles. The third kappa shape index (κ3) is 1.92. The first kappa shape index (κ1) is 9.92. The van der Waals surface area contributed by atoms with Gasteiger partial charge in [0.1, 0.15) is 0 Å². The fourth-order valence-electron chi connectivity index (χ4n) is 1.36. The van der Waals surface area contributed by atoms with Gasteiger partial charge in [-0.05, 0) is 35.0 Å². The summed E-state index contributed by atoms with van der Waals surface area (Å²) in [6.07, 6.45) is 0. The second-order valence-corrected chi connectivity index (χ2v) is 3.65. The van der Waals surface area contributed by atoms with Gasteiger partial charge in [-0.2, -0.15) is 0 Å². The number of benzene rings is 1. The van der Waals surface area contributed by atoms with Crippen molar-refractivity contribution in [3.8, 4) is 0 Å². The van der Waals surface area contributed by atoms with Gasteiger partial charge in [0.05, 0.1) is 6.04 Å². The molecule has 0 radical (unpaired) electrons. The Kier molecular flexibility index (Phi) is 2.55. The number of hydrogen-bond donors (Lipinski definition) is 1. The van der Waals surface area contributed by atoms with Crippen molar-refractivity contribution in [1.29, 1.82) is 0 Å². The predicted octanol–water partition coefficient (Wildman–Crippen LogP) is 1.52. The van der Waals surface area contributed by atoms with Crippen molar-refractivity contribution in [3.63, 3.8) is 0 Å². The minimum Gasteiger partial charge on any atom is -0.367 e. The smallest absolute Gasteiger partial charge is 0.240 e. The SMILES string of the molecule is CC(c1ccc(Cl)cc1)n1nnnc1N. The van der Waals surface area contributed by atoms with Crippen LogP contribution in [0.4, 0.5) is 5.95 Å². The second-order valence-electron chi connectivity index (χ2n) is 3.21. The van der Waals surface area contributed by atoms with Gasteiger partial charge in [0.2, 0.25) is 5.95 Å². The van der Waals surface area contributed by atoms with Crippen molar-refractivity contribution in [2.45, 2.75) is 13.0 Å². The average Bonchev–Trinajstić information content (AvgIpc) is 2.65. The van der Waals surface area contributed by atoms with E-state index in [2.05, 4.69) is 15.5 Å². The maximum Gasteiger partial charge on any atom is 0.240 e. The first-order chi connectivity index (χ1) is 7.18. The van der Waals surface area contributed by atoms with Crippen molar-refractivity contribution >= 4 is 17.5 Å². The van der Waals surface area contributed by atoms with Crippen LogP contribution in [0.5, 0.6) is 0 Å². The van der Waals surface area contributed by atoms with Crippen LogP contribution in [0.15, 0.2) is 24.3 Å². The number of tetrazole rings is 1. The first-order valence-corrected chi connectivity index (χ1v) is 4.85. The molecule has 0 amide bonds. The number of halogens is 1. The summed E-state index contributed by atoms with van der Waals surface area (Å²) in [5.41, 5.74) is 6.66. The number of anilines is 1. The summed E-state index contributed by atoms with van der Waals surface area (Å²) in [7, 11) is 0. The van der Waals surface area contributed by atoms with Gasteiger partial charge in [-0.25, -0.2) is 4.68 Å². The fourth-order valence-corrected chi connectivity index (χ4v) is 1.48. The molecule has 1 aromatic heterocycles. The molecule has 1 atom stereocenters. The van der Waals surface area contributed by atoms with E-state index < -0.39 is 0 Å². The molecule has 0 saturated heterocycles. The Morgan fingerprint density at radius 1 is 1.33 bits per heavy atom. The van der Waals surface area contributed by atoms with Crippen molar-refractivity contribution < 1.29 is 0 Å². The van der Waals surface area contributed by atoms with E-state index in [4.69, 9.17) is 17.3 Å². The van der Waals surface area contributed by atoms with Gasteiger partial charge < -0.3 is 5.73 Å². The molecule has 1 unspecified atom stereocenters. The average molecular weight is 224 g/mol. The van der Waals surface area contributed by atoms with Crippen molar-refractivity contribution in [3.05, 3.63) is 34.9 Å². The molecule has 0 aliphatic carbocycles. The van der Waals surface area contributed by atoms with Gasteiger partial charge in [0, 0.05) is 5.02 Å². The Hall–Kier alpha value is -1.62. The van der Waals surface area contributed by atoms with Gasteiger partial charge in [0.15, 0.2) is 0 Å². The summed E-state index contributed by atoms with van der Waals surface area (Å²) in [6, 6.07) is 7.50. The fraction of sp³-hybridized carbons (Fsp3) is 0.222. The number of hydrogen-bond acceptors (Lipinski definition) is 4. The van der Waals surface area contributed by atoms with E-state index in [9.17, 15) is 0 Å². The van der Waals surface area contributed by atoms with E-state index in [1.54, 1.807) is 4.68 Å². The number of nitrogens with two attached hydrogens (primary N) is 1. The lowest BCUT2D eigenvalue weighted by Crippen LogP contribution is -2.11. The van der Waals surface area contributed by atoms with Crippen LogP contribution >= 0.6 is 11.6 Å². The molecule has 1 aromatic carbocycles. The highest BCUT2D eigenvalue weighted by Gasteiger charge is 2.12. The minimum atomic E-state index is -0.00253. The maximum absolute atomic E-state index is 5.80. The zero-order valence-corrected chi connectivity index (χ0v) is 8.89. The van der Waals surface area contributed by atoms with Crippen LogP contribution in [0, 0.1) is 0 Å². The molecule has 2 aromatic rings. The Morgan fingerprint density at radius 3 is 2.53 bits per heavy atom. The quantitative estimate of drug-likeness (QED) is 0.838. The van der Waals surface area contributed by atoms with Crippen LogP contribution in [-0.4, -0.2) is 20.2 Å². The number of nitrogen functional groups attached to an aromatic ring is 1. The van der Waals surface area contributed by atoms with E-state index >= 15 is 0 Å². The van der Waals surface area contributed by atoms with Gasteiger partial charge >= 0.3 is 0 Å². The molecule has 5 nitrogen and oxygen atoms in total. The summed E-state index contributed by atoms with van der Waals surface area (Å²) in [4.78, 5) is 0. The summed E-state index contributed by atoms with van der Waals surface area (Å²) < 4.78 is 1.56. The minimum absolute atomic E-state index is 0.00253. The zero-order valence-electron chi connectivity index (χ0n) is 8.13. The van der Waals surface area contributed by atoms with Crippen LogP contribution < -0.4 is 5.73 Å². The van der Waals surface area contributed by atoms with Gasteiger partial charge in [-0.1, -0.05) is 28.8 Å². The number of rotatable bonds is 2.